The van der Waals surface area contributed by atoms with E-state index in [0.29, 0.717) is 18.5 Å². The van der Waals surface area contributed by atoms with E-state index in [-0.39, 0.29) is 18.4 Å². The first-order valence-corrected chi connectivity index (χ1v) is 8.31. The summed E-state index contributed by atoms with van der Waals surface area (Å²) in [5, 5.41) is 5.38. The minimum absolute atomic E-state index is 0.0521. The van der Waals surface area contributed by atoms with E-state index >= 15 is 0 Å². The van der Waals surface area contributed by atoms with Crippen LogP contribution < -0.4 is 15.4 Å². The Morgan fingerprint density at radius 3 is 2.62 bits per heavy atom. The summed E-state index contributed by atoms with van der Waals surface area (Å²) in [5.41, 5.74) is 1.58. The average Bonchev–Trinajstić information content (AvgIpc) is 2.60. The molecule has 2 aromatic rings. The maximum Gasteiger partial charge on any atom is 0.251 e. The van der Waals surface area contributed by atoms with Crippen molar-refractivity contribution >= 4 is 27.7 Å². The molecule has 2 rings (SSSR count). The smallest absolute Gasteiger partial charge is 0.251 e. The number of carbonyl (C=O) groups is 2. The van der Waals surface area contributed by atoms with Crippen LogP contribution in [0, 0.1) is 0 Å². The minimum atomic E-state index is -0.278. The van der Waals surface area contributed by atoms with E-state index in [1.54, 1.807) is 25.3 Å². The van der Waals surface area contributed by atoms with Crippen LogP contribution >= 0.6 is 15.9 Å². The summed E-state index contributed by atoms with van der Waals surface area (Å²) in [5.74, 6) is 0.292. The fourth-order valence-corrected chi connectivity index (χ4v) is 2.53. The van der Waals surface area contributed by atoms with Crippen LogP contribution in [0.4, 0.5) is 0 Å². The number of ether oxygens (including phenoxy) is 1. The van der Waals surface area contributed by atoms with Gasteiger partial charge in [-0.15, -0.1) is 0 Å². The van der Waals surface area contributed by atoms with Gasteiger partial charge in [0.2, 0.25) is 5.91 Å². The van der Waals surface area contributed by atoms with E-state index in [9.17, 15) is 9.59 Å². The third kappa shape index (κ3) is 5.70. The zero-order chi connectivity index (χ0) is 17.4. The van der Waals surface area contributed by atoms with Crippen molar-refractivity contribution in [2.75, 3.05) is 20.2 Å². The van der Waals surface area contributed by atoms with Crippen LogP contribution in [-0.2, 0) is 11.2 Å². The second kappa shape index (κ2) is 9.08. The predicted octanol–water partition coefficient (Wildman–Crippen LogP) is 2.55. The van der Waals surface area contributed by atoms with E-state index in [1.165, 1.54) is 0 Å². The first-order valence-electron chi connectivity index (χ1n) is 7.52. The standard InChI is InChI=1S/C18H19BrN2O3/c1-24-16-7-2-4-13(10-16)8-9-20-17(22)12-21-18(23)14-5-3-6-15(19)11-14/h2-7,10-11H,8-9,12H2,1H3,(H,20,22)(H,21,23). The molecule has 2 aromatic carbocycles. The van der Waals surface area contributed by atoms with E-state index in [0.717, 1.165) is 15.8 Å². The Bertz CT molecular complexity index is 719. The predicted molar refractivity (Wildman–Crippen MR) is 96.2 cm³/mol. The molecule has 0 spiro atoms. The molecular formula is C18H19BrN2O3. The molecule has 0 saturated carbocycles. The van der Waals surface area contributed by atoms with Crippen LogP contribution in [0.3, 0.4) is 0 Å². The van der Waals surface area contributed by atoms with Crippen LogP contribution in [0.5, 0.6) is 5.75 Å². The highest BCUT2D eigenvalue weighted by Gasteiger charge is 2.08. The first-order chi connectivity index (χ1) is 11.6. The summed E-state index contributed by atoms with van der Waals surface area (Å²) in [6.07, 6.45) is 0.697. The summed E-state index contributed by atoms with van der Waals surface area (Å²) >= 11 is 3.31. The fourth-order valence-electron chi connectivity index (χ4n) is 2.13. The molecule has 0 aliphatic rings. The van der Waals surface area contributed by atoms with Gasteiger partial charge >= 0.3 is 0 Å². The molecule has 0 aliphatic heterocycles. The van der Waals surface area contributed by atoms with Crippen LogP contribution in [0.1, 0.15) is 15.9 Å². The molecule has 5 nitrogen and oxygen atoms in total. The number of halogens is 1. The summed E-state index contributed by atoms with van der Waals surface area (Å²) < 4.78 is 5.98. The lowest BCUT2D eigenvalue weighted by atomic mass is 10.1. The SMILES string of the molecule is COc1cccc(CCNC(=O)CNC(=O)c2cccc(Br)c2)c1. The van der Waals surface area contributed by atoms with Crippen molar-refractivity contribution < 1.29 is 14.3 Å². The molecule has 6 heteroatoms. The zero-order valence-electron chi connectivity index (χ0n) is 13.3. The Morgan fingerprint density at radius 1 is 1.08 bits per heavy atom. The Balaban J connectivity index is 1.72. The molecule has 0 aliphatic carbocycles. The van der Waals surface area contributed by atoms with Gasteiger partial charge in [0.15, 0.2) is 0 Å². The molecule has 126 valence electrons. The number of rotatable bonds is 7. The second-order valence-corrected chi connectivity index (χ2v) is 6.06. The Morgan fingerprint density at radius 2 is 1.88 bits per heavy atom. The van der Waals surface area contributed by atoms with Gasteiger partial charge in [-0.1, -0.05) is 34.1 Å². The van der Waals surface area contributed by atoms with E-state index in [1.807, 2.05) is 30.3 Å². The molecule has 0 heterocycles. The number of hydrogen-bond acceptors (Lipinski definition) is 3. The van der Waals surface area contributed by atoms with E-state index in [4.69, 9.17) is 4.74 Å². The van der Waals surface area contributed by atoms with Gasteiger partial charge in [0.25, 0.3) is 5.91 Å². The molecule has 2 amide bonds. The fraction of sp³-hybridized carbons (Fsp3) is 0.222. The van der Waals surface area contributed by atoms with Gasteiger partial charge in [-0.25, -0.2) is 0 Å². The lowest BCUT2D eigenvalue weighted by molar-refractivity contribution is -0.120. The van der Waals surface area contributed by atoms with Crippen molar-refractivity contribution in [3.05, 3.63) is 64.1 Å². The quantitative estimate of drug-likeness (QED) is 0.763. The molecule has 0 radical (unpaired) electrons. The minimum Gasteiger partial charge on any atom is -0.497 e. The van der Waals surface area contributed by atoms with Gasteiger partial charge in [0.1, 0.15) is 5.75 Å². The zero-order valence-corrected chi connectivity index (χ0v) is 14.9. The normalized spacial score (nSPS) is 10.1. The third-order valence-electron chi connectivity index (χ3n) is 3.37. The van der Waals surface area contributed by atoms with Crippen molar-refractivity contribution in [1.29, 1.82) is 0 Å². The van der Waals surface area contributed by atoms with Crippen LogP contribution in [0.25, 0.3) is 0 Å². The topological polar surface area (TPSA) is 67.4 Å². The molecule has 0 unspecified atom stereocenters. The van der Waals surface area contributed by atoms with Gasteiger partial charge in [-0.3, -0.25) is 9.59 Å². The number of hydrogen-bond donors (Lipinski definition) is 2. The lowest BCUT2D eigenvalue weighted by Gasteiger charge is -2.08. The summed E-state index contributed by atoms with van der Waals surface area (Å²) in [6.45, 7) is 0.447. The molecule has 2 N–H and O–H groups in total. The first kappa shape index (κ1) is 18.0. The number of amides is 2. The van der Waals surface area contributed by atoms with Crippen LogP contribution in [0.15, 0.2) is 53.0 Å². The van der Waals surface area contributed by atoms with Crippen LogP contribution in [0.2, 0.25) is 0 Å². The van der Waals surface area contributed by atoms with Gasteiger partial charge in [-0.2, -0.15) is 0 Å². The molecule has 24 heavy (non-hydrogen) atoms. The molecule has 0 aromatic heterocycles. The highest BCUT2D eigenvalue weighted by molar-refractivity contribution is 9.10. The van der Waals surface area contributed by atoms with Crippen molar-refractivity contribution in [2.45, 2.75) is 6.42 Å². The van der Waals surface area contributed by atoms with Crippen molar-refractivity contribution in [3.8, 4) is 5.75 Å². The summed E-state index contributed by atoms with van der Waals surface area (Å²) in [6, 6.07) is 14.7. The molecular weight excluding hydrogens is 372 g/mol. The largest absolute Gasteiger partial charge is 0.497 e. The lowest BCUT2D eigenvalue weighted by Crippen LogP contribution is -2.37. The Kier molecular flexibility index (Phi) is 6.81. The number of carbonyl (C=O) groups excluding carboxylic acids is 2. The molecule has 0 fully saturated rings. The highest BCUT2D eigenvalue weighted by atomic mass is 79.9. The van der Waals surface area contributed by atoms with Gasteiger partial charge in [0, 0.05) is 16.6 Å². The second-order valence-electron chi connectivity index (χ2n) is 5.14. The molecule has 0 bridgehead atoms. The third-order valence-corrected chi connectivity index (χ3v) is 3.86. The van der Waals surface area contributed by atoms with Gasteiger partial charge < -0.3 is 15.4 Å². The molecule has 0 atom stereocenters. The van der Waals surface area contributed by atoms with E-state index < -0.39 is 0 Å². The van der Waals surface area contributed by atoms with Crippen molar-refractivity contribution in [2.24, 2.45) is 0 Å². The number of benzene rings is 2. The van der Waals surface area contributed by atoms with Crippen molar-refractivity contribution in [3.63, 3.8) is 0 Å². The monoisotopic (exact) mass is 390 g/mol. The maximum atomic E-state index is 11.9. The molecule has 0 saturated heterocycles. The summed E-state index contributed by atoms with van der Waals surface area (Å²) in [7, 11) is 1.62. The summed E-state index contributed by atoms with van der Waals surface area (Å²) in [4.78, 5) is 23.7. The Labute approximate surface area is 149 Å². The maximum absolute atomic E-state index is 11.9. The van der Waals surface area contributed by atoms with Crippen molar-refractivity contribution in [1.82, 2.24) is 10.6 Å². The van der Waals surface area contributed by atoms with Gasteiger partial charge in [-0.05, 0) is 42.3 Å². The Hall–Kier alpha value is -2.34. The average molecular weight is 391 g/mol. The van der Waals surface area contributed by atoms with Gasteiger partial charge in [0.05, 0.1) is 13.7 Å². The van der Waals surface area contributed by atoms with E-state index in [2.05, 4.69) is 26.6 Å². The number of methoxy groups -OCH3 is 1. The highest BCUT2D eigenvalue weighted by Crippen LogP contribution is 2.12. The number of nitrogens with one attached hydrogen (secondary N) is 2. The van der Waals surface area contributed by atoms with Crippen LogP contribution in [-0.4, -0.2) is 32.0 Å².